The lowest BCUT2D eigenvalue weighted by Gasteiger charge is -2.19. The first-order valence-corrected chi connectivity index (χ1v) is 13.2. The SMILES string of the molecule is CN(C)CC(CSCCCCCCCCC(=O)O)C(=O)OCCCCCCCCC=O. The minimum atomic E-state index is -0.704. The molecule has 182 valence electrons. The highest BCUT2D eigenvalue weighted by atomic mass is 32.2. The van der Waals surface area contributed by atoms with Crippen LogP contribution in [0.5, 0.6) is 0 Å². The van der Waals surface area contributed by atoms with E-state index >= 15 is 0 Å². The Labute approximate surface area is 193 Å². The van der Waals surface area contributed by atoms with Gasteiger partial charge in [-0.15, -0.1) is 0 Å². The van der Waals surface area contributed by atoms with E-state index < -0.39 is 5.97 Å². The van der Waals surface area contributed by atoms with Crippen LogP contribution in [0, 0.1) is 5.92 Å². The number of rotatable bonds is 23. The topological polar surface area (TPSA) is 83.9 Å². The van der Waals surface area contributed by atoms with Gasteiger partial charge < -0.3 is 19.5 Å². The highest BCUT2D eigenvalue weighted by molar-refractivity contribution is 7.99. The average molecular weight is 460 g/mol. The Morgan fingerprint density at radius 1 is 0.903 bits per heavy atom. The van der Waals surface area contributed by atoms with Gasteiger partial charge in [0, 0.05) is 25.1 Å². The third-order valence-electron chi connectivity index (χ3n) is 5.13. The first-order chi connectivity index (χ1) is 15.0. The summed E-state index contributed by atoms with van der Waals surface area (Å²) in [6, 6.07) is 0. The van der Waals surface area contributed by atoms with Crippen LogP contribution >= 0.6 is 11.8 Å². The van der Waals surface area contributed by atoms with Crippen LogP contribution in [0.15, 0.2) is 0 Å². The molecule has 1 unspecified atom stereocenters. The average Bonchev–Trinajstić information content (AvgIpc) is 2.72. The maximum Gasteiger partial charge on any atom is 0.311 e. The molecule has 6 nitrogen and oxygen atoms in total. The molecule has 0 aliphatic carbocycles. The summed E-state index contributed by atoms with van der Waals surface area (Å²) in [7, 11) is 3.97. The zero-order valence-electron chi connectivity index (χ0n) is 19.8. The van der Waals surface area contributed by atoms with Gasteiger partial charge in [0.05, 0.1) is 12.5 Å². The van der Waals surface area contributed by atoms with E-state index in [0.717, 1.165) is 94.8 Å². The molecule has 7 heteroatoms. The van der Waals surface area contributed by atoms with Gasteiger partial charge in [0.1, 0.15) is 6.29 Å². The highest BCUT2D eigenvalue weighted by Gasteiger charge is 2.20. The minimum Gasteiger partial charge on any atom is -0.481 e. The number of carbonyl (C=O) groups excluding carboxylic acids is 2. The highest BCUT2D eigenvalue weighted by Crippen LogP contribution is 2.16. The monoisotopic (exact) mass is 459 g/mol. The van der Waals surface area contributed by atoms with E-state index in [-0.39, 0.29) is 18.3 Å². The number of carboxylic acid groups (broad SMARTS) is 1. The van der Waals surface area contributed by atoms with Crippen molar-refractivity contribution < 1.29 is 24.2 Å². The van der Waals surface area contributed by atoms with Gasteiger partial charge in [-0.25, -0.2) is 0 Å². The molecule has 0 aromatic carbocycles. The van der Waals surface area contributed by atoms with Gasteiger partial charge in [-0.3, -0.25) is 9.59 Å². The predicted molar refractivity (Wildman–Crippen MR) is 129 cm³/mol. The van der Waals surface area contributed by atoms with Gasteiger partial charge in [0.2, 0.25) is 0 Å². The number of carbonyl (C=O) groups is 3. The van der Waals surface area contributed by atoms with Crippen molar-refractivity contribution >= 4 is 30.0 Å². The van der Waals surface area contributed by atoms with Crippen molar-refractivity contribution in [2.45, 2.75) is 89.9 Å². The van der Waals surface area contributed by atoms with E-state index in [0.29, 0.717) is 19.6 Å². The van der Waals surface area contributed by atoms with Crippen molar-refractivity contribution in [3.63, 3.8) is 0 Å². The summed E-state index contributed by atoms with van der Waals surface area (Å²) in [5, 5.41) is 8.62. The van der Waals surface area contributed by atoms with E-state index in [2.05, 4.69) is 0 Å². The molecular formula is C24H45NO5S. The second kappa shape index (κ2) is 22.1. The fraction of sp³-hybridized carbons (Fsp3) is 0.875. The van der Waals surface area contributed by atoms with Gasteiger partial charge in [0.15, 0.2) is 0 Å². The minimum absolute atomic E-state index is 0.0781. The van der Waals surface area contributed by atoms with Crippen LogP contribution in [0.3, 0.4) is 0 Å². The first kappa shape index (κ1) is 29.9. The number of aldehydes is 1. The molecule has 0 bridgehead atoms. The predicted octanol–water partition coefficient (Wildman–Crippen LogP) is 5.19. The maximum absolute atomic E-state index is 12.5. The Balaban J connectivity index is 3.78. The van der Waals surface area contributed by atoms with E-state index in [9.17, 15) is 14.4 Å². The fourth-order valence-corrected chi connectivity index (χ4v) is 4.48. The lowest BCUT2D eigenvalue weighted by molar-refractivity contribution is -0.148. The van der Waals surface area contributed by atoms with Crippen LogP contribution in [0.2, 0.25) is 0 Å². The molecule has 0 saturated carbocycles. The van der Waals surface area contributed by atoms with Gasteiger partial charge in [-0.1, -0.05) is 51.4 Å². The Bertz CT molecular complexity index is 459. The van der Waals surface area contributed by atoms with Gasteiger partial charge in [-0.2, -0.15) is 11.8 Å². The zero-order valence-corrected chi connectivity index (χ0v) is 20.6. The molecule has 31 heavy (non-hydrogen) atoms. The van der Waals surface area contributed by atoms with Crippen molar-refractivity contribution in [1.29, 1.82) is 0 Å². The summed E-state index contributed by atoms with van der Waals surface area (Å²) >= 11 is 1.83. The van der Waals surface area contributed by atoms with Crippen LogP contribution in [-0.4, -0.2) is 67.0 Å². The molecule has 0 heterocycles. The second-order valence-electron chi connectivity index (χ2n) is 8.54. The molecule has 0 amide bonds. The Hall–Kier alpha value is -1.08. The third kappa shape index (κ3) is 21.9. The molecule has 0 aliphatic heterocycles. The standard InChI is InChI=1S/C24H45NO5S/c1-25(2)20-22(21-31-19-15-11-7-4-8-12-16-23(27)28)24(29)30-18-14-10-6-3-5-9-13-17-26/h17,22H,3-16,18-21H2,1-2H3,(H,27,28). The number of esters is 1. The molecule has 0 spiro atoms. The fourth-order valence-electron chi connectivity index (χ4n) is 3.38. The molecule has 0 fully saturated rings. The Morgan fingerprint density at radius 2 is 1.48 bits per heavy atom. The molecule has 0 saturated heterocycles. The Kier molecular flexibility index (Phi) is 21.4. The molecule has 0 radical (unpaired) electrons. The van der Waals surface area contributed by atoms with Crippen molar-refractivity contribution in [2.24, 2.45) is 5.92 Å². The van der Waals surface area contributed by atoms with Crippen LogP contribution in [0.4, 0.5) is 0 Å². The number of ether oxygens (including phenoxy) is 1. The molecule has 0 rings (SSSR count). The maximum atomic E-state index is 12.5. The number of carboxylic acids is 1. The van der Waals surface area contributed by atoms with Crippen LogP contribution in [-0.2, 0) is 19.1 Å². The summed E-state index contributed by atoms with van der Waals surface area (Å²) in [6.07, 6.45) is 14.6. The number of thioether (sulfide) groups is 1. The Morgan fingerprint density at radius 3 is 2.10 bits per heavy atom. The number of aliphatic carboxylic acids is 1. The largest absolute Gasteiger partial charge is 0.481 e. The van der Waals surface area contributed by atoms with Crippen LogP contribution in [0.25, 0.3) is 0 Å². The second-order valence-corrected chi connectivity index (χ2v) is 9.69. The van der Waals surface area contributed by atoms with E-state index in [1.165, 1.54) is 0 Å². The lowest BCUT2D eigenvalue weighted by atomic mass is 10.1. The molecular weight excluding hydrogens is 414 g/mol. The summed E-state index contributed by atoms with van der Waals surface area (Å²) in [4.78, 5) is 35.2. The summed E-state index contributed by atoms with van der Waals surface area (Å²) < 4.78 is 5.53. The van der Waals surface area contributed by atoms with Crippen LogP contribution < -0.4 is 0 Å². The summed E-state index contributed by atoms with van der Waals surface area (Å²) in [5.74, 6) is 0.984. The van der Waals surface area contributed by atoms with Crippen molar-refractivity contribution in [3.05, 3.63) is 0 Å². The lowest BCUT2D eigenvalue weighted by Crippen LogP contribution is -2.31. The molecule has 0 aliphatic rings. The van der Waals surface area contributed by atoms with Crippen molar-refractivity contribution in [2.75, 3.05) is 38.8 Å². The zero-order chi connectivity index (χ0) is 23.2. The molecule has 1 N–H and O–H groups in total. The molecule has 1 atom stereocenters. The molecule has 0 aromatic rings. The summed E-state index contributed by atoms with van der Waals surface area (Å²) in [5.41, 5.74) is 0. The van der Waals surface area contributed by atoms with Gasteiger partial charge >= 0.3 is 11.9 Å². The van der Waals surface area contributed by atoms with Crippen LogP contribution in [0.1, 0.15) is 89.9 Å². The summed E-state index contributed by atoms with van der Waals surface area (Å²) in [6.45, 7) is 1.22. The van der Waals surface area contributed by atoms with Gasteiger partial charge in [0.25, 0.3) is 0 Å². The number of hydrogen-bond acceptors (Lipinski definition) is 6. The normalized spacial score (nSPS) is 12.1. The molecule has 0 aromatic heterocycles. The number of hydrogen-bond donors (Lipinski definition) is 1. The van der Waals surface area contributed by atoms with Crippen molar-refractivity contribution in [3.8, 4) is 0 Å². The van der Waals surface area contributed by atoms with E-state index in [1.54, 1.807) is 0 Å². The number of unbranched alkanes of at least 4 members (excludes halogenated alkanes) is 11. The van der Waals surface area contributed by atoms with Crippen molar-refractivity contribution in [1.82, 2.24) is 4.90 Å². The first-order valence-electron chi connectivity index (χ1n) is 12.0. The quantitative estimate of drug-likeness (QED) is 0.128. The van der Waals surface area contributed by atoms with E-state index in [4.69, 9.17) is 9.84 Å². The third-order valence-corrected chi connectivity index (χ3v) is 6.34. The smallest absolute Gasteiger partial charge is 0.311 e. The number of nitrogens with zero attached hydrogens (tertiary/aromatic N) is 1. The van der Waals surface area contributed by atoms with Gasteiger partial charge in [-0.05, 0) is 45.5 Å². The van der Waals surface area contributed by atoms with E-state index in [1.807, 2.05) is 30.8 Å².